The van der Waals surface area contributed by atoms with E-state index in [1.165, 1.54) is 0 Å². The van der Waals surface area contributed by atoms with Crippen molar-refractivity contribution in [3.05, 3.63) is 34.9 Å². The highest BCUT2D eigenvalue weighted by Gasteiger charge is 2.14. The normalized spacial score (nSPS) is 11.7. The zero-order valence-corrected chi connectivity index (χ0v) is 9.30. The summed E-state index contributed by atoms with van der Waals surface area (Å²) in [4.78, 5) is 0. The second kappa shape index (κ2) is 4.78. The third-order valence-corrected chi connectivity index (χ3v) is 2.33. The van der Waals surface area contributed by atoms with Crippen molar-refractivity contribution in [1.29, 1.82) is 0 Å². The first-order valence-electron chi connectivity index (χ1n) is 4.64. The van der Waals surface area contributed by atoms with E-state index in [9.17, 15) is 0 Å². The second-order valence-electron chi connectivity index (χ2n) is 4.02. The van der Waals surface area contributed by atoms with E-state index in [4.69, 9.17) is 16.7 Å². The van der Waals surface area contributed by atoms with E-state index in [1.54, 1.807) is 0 Å². The zero-order chi connectivity index (χ0) is 10.6. The highest BCUT2D eigenvalue weighted by atomic mass is 35.5. The third-order valence-electron chi connectivity index (χ3n) is 2.08. The molecule has 14 heavy (non-hydrogen) atoms. The number of benzene rings is 1. The summed E-state index contributed by atoms with van der Waals surface area (Å²) in [7, 11) is 0. The summed E-state index contributed by atoms with van der Waals surface area (Å²) in [6.07, 6.45) is 0. The second-order valence-corrected chi connectivity index (χ2v) is 4.46. The van der Waals surface area contributed by atoms with Crippen molar-refractivity contribution >= 4 is 11.6 Å². The molecule has 3 heteroatoms. The summed E-state index contributed by atoms with van der Waals surface area (Å²) < 4.78 is 0. The summed E-state index contributed by atoms with van der Waals surface area (Å²) in [6.45, 7) is 4.79. The Bertz CT molecular complexity index is 282. The molecule has 0 saturated heterocycles. The van der Waals surface area contributed by atoms with E-state index in [0.717, 1.165) is 17.1 Å². The zero-order valence-electron chi connectivity index (χ0n) is 8.55. The Kier molecular flexibility index (Phi) is 3.93. The fourth-order valence-corrected chi connectivity index (χ4v) is 1.13. The minimum Gasteiger partial charge on any atom is -0.394 e. The molecule has 0 aliphatic carbocycles. The molecule has 2 N–H and O–H groups in total. The van der Waals surface area contributed by atoms with Crippen molar-refractivity contribution in [1.82, 2.24) is 5.32 Å². The number of hydrogen-bond donors (Lipinski definition) is 2. The van der Waals surface area contributed by atoms with Crippen molar-refractivity contribution in [2.45, 2.75) is 25.9 Å². The number of nitrogens with one attached hydrogen (secondary N) is 1. The molecule has 0 aromatic heterocycles. The highest BCUT2D eigenvalue weighted by molar-refractivity contribution is 6.30. The van der Waals surface area contributed by atoms with Crippen molar-refractivity contribution in [3.63, 3.8) is 0 Å². The predicted octanol–water partition coefficient (Wildman–Crippen LogP) is 2.20. The van der Waals surface area contributed by atoms with Crippen LogP contribution in [-0.2, 0) is 6.54 Å². The van der Waals surface area contributed by atoms with Crippen LogP contribution in [0.25, 0.3) is 0 Å². The molecule has 2 nitrogen and oxygen atoms in total. The molecule has 1 aromatic rings. The topological polar surface area (TPSA) is 32.3 Å². The molecule has 0 bridgehead atoms. The molecule has 0 heterocycles. The van der Waals surface area contributed by atoms with Gasteiger partial charge in [0.25, 0.3) is 0 Å². The first kappa shape index (κ1) is 11.5. The number of halogens is 1. The molecule has 0 amide bonds. The minimum absolute atomic E-state index is 0.126. The Morgan fingerprint density at radius 3 is 2.36 bits per heavy atom. The number of rotatable bonds is 4. The lowest BCUT2D eigenvalue weighted by Crippen LogP contribution is -2.42. The molecule has 0 aliphatic heterocycles. The molecular weight excluding hydrogens is 198 g/mol. The van der Waals surface area contributed by atoms with Gasteiger partial charge in [-0.05, 0) is 31.5 Å². The summed E-state index contributed by atoms with van der Waals surface area (Å²) in [5.74, 6) is 0. The Balaban J connectivity index is 2.50. The Morgan fingerprint density at radius 1 is 1.29 bits per heavy atom. The molecule has 0 fully saturated rings. The van der Waals surface area contributed by atoms with Crippen LogP contribution in [-0.4, -0.2) is 17.3 Å². The maximum atomic E-state index is 9.03. The maximum Gasteiger partial charge on any atom is 0.0607 e. The van der Waals surface area contributed by atoms with Crippen LogP contribution in [0.3, 0.4) is 0 Å². The molecule has 0 radical (unpaired) electrons. The summed E-state index contributed by atoms with van der Waals surface area (Å²) in [5.41, 5.74) is 0.926. The van der Waals surface area contributed by atoms with Gasteiger partial charge in [0.05, 0.1) is 6.61 Å². The smallest absolute Gasteiger partial charge is 0.0607 e. The fourth-order valence-electron chi connectivity index (χ4n) is 0.999. The molecule has 1 aromatic carbocycles. The van der Waals surface area contributed by atoms with Crippen molar-refractivity contribution in [2.75, 3.05) is 6.61 Å². The monoisotopic (exact) mass is 213 g/mol. The third kappa shape index (κ3) is 3.66. The lowest BCUT2D eigenvalue weighted by atomic mass is 10.1. The van der Waals surface area contributed by atoms with E-state index >= 15 is 0 Å². The fraction of sp³-hybridized carbons (Fsp3) is 0.455. The summed E-state index contributed by atoms with van der Waals surface area (Å²) in [5, 5.41) is 13.0. The molecule has 0 aliphatic rings. The summed E-state index contributed by atoms with van der Waals surface area (Å²) >= 11 is 5.77. The van der Waals surface area contributed by atoms with Crippen LogP contribution in [0.4, 0.5) is 0 Å². The first-order valence-corrected chi connectivity index (χ1v) is 5.02. The van der Waals surface area contributed by atoms with Crippen LogP contribution < -0.4 is 5.32 Å². The van der Waals surface area contributed by atoms with Crippen LogP contribution >= 0.6 is 11.6 Å². The van der Waals surface area contributed by atoms with Crippen LogP contribution in [0.5, 0.6) is 0 Å². The van der Waals surface area contributed by atoms with Gasteiger partial charge in [-0.3, -0.25) is 0 Å². The number of aliphatic hydroxyl groups is 1. The molecular formula is C11H16ClNO. The molecule has 0 unspecified atom stereocenters. The van der Waals surface area contributed by atoms with Crippen LogP contribution in [0, 0.1) is 0 Å². The molecule has 0 spiro atoms. The average molecular weight is 214 g/mol. The van der Waals surface area contributed by atoms with Gasteiger partial charge in [-0.2, -0.15) is 0 Å². The van der Waals surface area contributed by atoms with Gasteiger partial charge in [0, 0.05) is 17.1 Å². The molecule has 0 saturated carbocycles. The van der Waals surface area contributed by atoms with Gasteiger partial charge >= 0.3 is 0 Å². The van der Waals surface area contributed by atoms with E-state index in [1.807, 2.05) is 38.1 Å². The van der Waals surface area contributed by atoms with E-state index in [0.29, 0.717) is 0 Å². The van der Waals surface area contributed by atoms with Gasteiger partial charge in [-0.25, -0.2) is 0 Å². The predicted molar refractivity (Wildman–Crippen MR) is 59.5 cm³/mol. The Morgan fingerprint density at radius 2 is 1.86 bits per heavy atom. The number of aliphatic hydroxyl groups excluding tert-OH is 1. The molecule has 1 rings (SSSR count). The Labute approximate surface area is 89.9 Å². The van der Waals surface area contributed by atoms with Crippen molar-refractivity contribution < 1.29 is 5.11 Å². The standard InChI is InChI=1S/C11H16ClNO/c1-11(2,8-14)13-7-9-3-5-10(12)6-4-9/h3-6,13-14H,7-8H2,1-2H3. The minimum atomic E-state index is -0.236. The number of hydrogen-bond acceptors (Lipinski definition) is 2. The van der Waals surface area contributed by atoms with Gasteiger partial charge in [0.1, 0.15) is 0 Å². The SMILES string of the molecule is CC(C)(CO)NCc1ccc(Cl)cc1. The van der Waals surface area contributed by atoms with Gasteiger partial charge < -0.3 is 10.4 Å². The van der Waals surface area contributed by atoms with Crippen LogP contribution in [0.2, 0.25) is 5.02 Å². The molecule has 0 atom stereocenters. The van der Waals surface area contributed by atoms with Crippen molar-refractivity contribution in [2.24, 2.45) is 0 Å². The quantitative estimate of drug-likeness (QED) is 0.804. The van der Waals surface area contributed by atoms with E-state index < -0.39 is 0 Å². The largest absolute Gasteiger partial charge is 0.394 e. The van der Waals surface area contributed by atoms with E-state index in [2.05, 4.69) is 5.32 Å². The van der Waals surface area contributed by atoms with Crippen LogP contribution in [0.15, 0.2) is 24.3 Å². The van der Waals surface area contributed by atoms with Gasteiger partial charge in [-0.15, -0.1) is 0 Å². The maximum absolute atomic E-state index is 9.03. The van der Waals surface area contributed by atoms with Crippen molar-refractivity contribution in [3.8, 4) is 0 Å². The van der Waals surface area contributed by atoms with Crippen LogP contribution in [0.1, 0.15) is 19.4 Å². The van der Waals surface area contributed by atoms with Gasteiger partial charge in [0.2, 0.25) is 0 Å². The lowest BCUT2D eigenvalue weighted by Gasteiger charge is -2.23. The molecule has 78 valence electrons. The lowest BCUT2D eigenvalue weighted by molar-refractivity contribution is 0.187. The summed E-state index contributed by atoms with van der Waals surface area (Å²) in [6, 6.07) is 7.68. The van der Waals surface area contributed by atoms with E-state index in [-0.39, 0.29) is 12.1 Å². The van der Waals surface area contributed by atoms with Gasteiger partial charge in [0.15, 0.2) is 0 Å². The Hall–Kier alpha value is -0.570. The van der Waals surface area contributed by atoms with Gasteiger partial charge in [-0.1, -0.05) is 23.7 Å². The highest BCUT2D eigenvalue weighted by Crippen LogP contribution is 2.10. The first-order chi connectivity index (χ1) is 6.53. The average Bonchev–Trinajstić information content (AvgIpc) is 2.17.